The number of aromatic nitrogens is 4. The molecule has 8 nitrogen and oxygen atoms in total. The number of carboxylic acid groups (broad SMARTS) is 2. The summed E-state index contributed by atoms with van der Waals surface area (Å²) < 4.78 is 0. The van der Waals surface area contributed by atoms with E-state index in [1.165, 1.54) is 0 Å². The Morgan fingerprint density at radius 1 is 0.651 bits per heavy atom. The first-order valence-electron chi connectivity index (χ1n) is 14.1. The molecule has 4 aromatic rings. The van der Waals surface area contributed by atoms with Crippen molar-refractivity contribution in [2.24, 2.45) is 0 Å². The molecule has 4 aromatic heterocycles. The summed E-state index contributed by atoms with van der Waals surface area (Å²) in [6.07, 6.45) is 10.9. The molecular formula is C34H34FeN4O4-2. The Bertz CT molecular complexity index is 2000. The molecule has 0 saturated heterocycles. The number of fused-ring (bicyclic) bond motifs is 8. The van der Waals surface area contributed by atoms with Gasteiger partial charge in [0.05, 0.1) is 0 Å². The van der Waals surface area contributed by atoms with E-state index in [9.17, 15) is 19.8 Å². The number of carbonyl (C=O) groups is 2. The van der Waals surface area contributed by atoms with Crippen LogP contribution in [0, 0.1) is 27.7 Å². The molecule has 5 rings (SSSR count). The molecule has 0 atom stereocenters. The van der Waals surface area contributed by atoms with Crippen LogP contribution in [0.15, 0.2) is 6.58 Å². The maximum absolute atomic E-state index is 11.5. The van der Waals surface area contributed by atoms with Crippen molar-refractivity contribution in [3.63, 3.8) is 0 Å². The van der Waals surface area contributed by atoms with Crippen LogP contribution in [0.3, 0.4) is 0 Å². The fraction of sp³-hybridized carbons (Fsp3) is 0.294. The van der Waals surface area contributed by atoms with Gasteiger partial charge in [0, 0.05) is 12.8 Å². The Kier molecular flexibility index (Phi) is 9.28. The SMILES string of the molecule is C=Cc1c2[n-]c(c1C)/C=c1\[n-]/c(c(C)c1CC)=C\c1[n-]c(c(CCC(=O)O)c1C)/C=c1\[n-]/c(c(C)c1CCC(=O)O)=C\2.[Fe+2]. The average Bonchev–Trinajstić information content (AvgIpc) is 3.59. The molecule has 0 aliphatic carbocycles. The van der Waals surface area contributed by atoms with Crippen LogP contribution >= 0.6 is 0 Å². The van der Waals surface area contributed by atoms with Gasteiger partial charge in [-0.05, 0) is 52.5 Å². The first-order chi connectivity index (χ1) is 20.0. The molecule has 0 unspecified atom stereocenters. The molecular weight excluding hydrogens is 584 g/mol. The van der Waals surface area contributed by atoms with E-state index in [0.717, 1.165) is 78.7 Å². The summed E-state index contributed by atoms with van der Waals surface area (Å²) in [6.45, 7) is 14.1. The molecule has 8 bridgehead atoms. The van der Waals surface area contributed by atoms with E-state index in [1.54, 1.807) is 6.08 Å². The van der Waals surface area contributed by atoms with Crippen LogP contribution in [0.1, 0.15) is 87.0 Å². The molecule has 2 N–H and O–H groups in total. The van der Waals surface area contributed by atoms with Crippen LogP contribution in [0.25, 0.3) is 30.4 Å². The van der Waals surface area contributed by atoms with Crippen LogP contribution in [-0.4, -0.2) is 22.2 Å². The summed E-state index contributed by atoms with van der Waals surface area (Å²) in [7, 11) is 0. The first-order valence-corrected chi connectivity index (χ1v) is 14.1. The van der Waals surface area contributed by atoms with Gasteiger partial charge in [-0.1, -0.05) is 82.8 Å². The monoisotopic (exact) mass is 618 g/mol. The zero-order chi connectivity index (χ0) is 30.3. The van der Waals surface area contributed by atoms with Gasteiger partial charge in [-0.15, -0.1) is 44.2 Å². The van der Waals surface area contributed by atoms with Crippen molar-refractivity contribution in [3.05, 3.63) is 95.3 Å². The Morgan fingerprint density at radius 2 is 1.12 bits per heavy atom. The van der Waals surface area contributed by atoms with Crippen LogP contribution < -0.4 is 41.3 Å². The molecule has 0 fully saturated rings. The Balaban J connectivity index is 0.00000423. The van der Waals surface area contributed by atoms with Gasteiger partial charge in [-0.3, -0.25) is 9.59 Å². The van der Waals surface area contributed by atoms with E-state index in [1.807, 2.05) is 45.1 Å². The molecule has 1 aliphatic rings. The summed E-state index contributed by atoms with van der Waals surface area (Å²) >= 11 is 0. The van der Waals surface area contributed by atoms with Gasteiger partial charge in [0.15, 0.2) is 0 Å². The Hall–Kier alpha value is -4.20. The molecule has 0 radical (unpaired) electrons. The van der Waals surface area contributed by atoms with Crippen molar-refractivity contribution < 1.29 is 36.9 Å². The summed E-state index contributed by atoms with van der Waals surface area (Å²) in [4.78, 5) is 42.9. The second kappa shape index (κ2) is 12.6. The Labute approximate surface area is 260 Å². The molecule has 0 spiro atoms. The molecule has 5 heterocycles. The second-order valence-electron chi connectivity index (χ2n) is 10.8. The van der Waals surface area contributed by atoms with Crippen molar-refractivity contribution in [3.8, 4) is 0 Å². The molecule has 0 saturated carbocycles. The third-order valence-corrected chi connectivity index (χ3v) is 8.30. The zero-order valence-corrected chi connectivity index (χ0v) is 26.1. The van der Waals surface area contributed by atoms with Crippen LogP contribution in [-0.2, 0) is 45.9 Å². The maximum Gasteiger partial charge on any atom is 2.00 e. The van der Waals surface area contributed by atoms with Crippen molar-refractivity contribution >= 4 is 42.3 Å². The van der Waals surface area contributed by atoms with Gasteiger partial charge in [0.25, 0.3) is 0 Å². The normalized spacial score (nSPS) is 15.1. The van der Waals surface area contributed by atoms with Gasteiger partial charge in [-0.2, -0.15) is 0 Å². The molecule has 224 valence electrons. The summed E-state index contributed by atoms with van der Waals surface area (Å²) in [5.41, 5.74) is 10.5. The van der Waals surface area contributed by atoms with Gasteiger partial charge in [0.2, 0.25) is 0 Å². The van der Waals surface area contributed by atoms with E-state index in [2.05, 4.69) is 20.4 Å². The van der Waals surface area contributed by atoms with Gasteiger partial charge in [-0.25, -0.2) is 0 Å². The van der Waals surface area contributed by atoms with Crippen molar-refractivity contribution in [1.29, 1.82) is 0 Å². The van der Waals surface area contributed by atoms with Crippen molar-refractivity contribution in [2.45, 2.75) is 66.7 Å². The van der Waals surface area contributed by atoms with Gasteiger partial charge in [0.1, 0.15) is 0 Å². The predicted octanol–water partition coefficient (Wildman–Crippen LogP) is 1.61. The van der Waals surface area contributed by atoms with E-state index in [-0.39, 0.29) is 29.9 Å². The fourth-order valence-corrected chi connectivity index (χ4v) is 5.83. The maximum atomic E-state index is 11.5. The number of hydrogen-bond acceptors (Lipinski definition) is 2. The quantitative estimate of drug-likeness (QED) is 0.251. The third kappa shape index (κ3) is 6.01. The summed E-state index contributed by atoms with van der Waals surface area (Å²) in [5, 5.41) is 21.9. The number of aliphatic carboxylic acids is 2. The summed E-state index contributed by atoms with van der Waals surface area (Å²) in [5.74, 6) is -1.78. The third-order valence-electron chi connectivity index (χ3n) is 8.30. The zero-order valence-electron chi connectivity index (χ0n) is 25.0. The van der Waals surface area contributed by atoms with E-state index >= 15 is 0 Å². The second-order valence-corrected chi connectivity index (χ2v) is 10.8. The van der Waals surface area contributed by atoms with Gasteiger partial charge >= 0.3 is 29.0 Å². The van der Waals surface area contributed by atoms with Crippen molar-refractivity contribution in [2.75, 3.05) is 0 Å². The minimum atomic E-state index is -0.891. The number of hydrogen-bond donors (Lipinski definition) is 2. The minimum absolute atomic E-state index is 0. The average molecular weight is 619 g/mol. The molecule has 43 heavy (non-hydrogen) atoms. The largest absolute Gasteiger partial charge is 2.00 e. The van der Waals surface area contributed by atoms with E-state index in [0.29, 0.717) is 29.2 Å². The topological polar surface area (TPSA) is 131 Å². The van der Waals surface area contributed by atoms with Gasteiger partial charge < -0.3 is 30.1 Å². The number of nitrogens with zero attached hydrogens (tertiary/aromatic N) is 4. The van der Waals surface area contributed by atoms with Crippen molar-refractivity contribution in [1.82, 2.24) is 19.9 Å². The molecule has 9 heteroatoms. The smallest absolute Gasteiger partial charge is 0.657 e. The molecule has 0 aromatic carbocycles. The number of rotatable bonds is 8. The Morgan fingerprint density at radius 3 is 1.70 bits per heavy atom. The molecule has 0 amide bonds. The standard InChI is InChI=1S/C34H34N4O4.Fe/c1-7-21-17(3)25-13-26-19(5)23(9-11-33(39)40)31(37-26)16-32-24(10-12-34(41)42)20(6)28(38-32)15-30-22(8-2)18(4)27(36-30)14-29(21)35-25;/h8,13-16H,2,7,9-12H2,1,3-6H3,(H,39,40)(H,41,42);/q-4;+2/b25-13-,26-13?,27-14?,28-15-,29-14-,30-15?,31-16?,32-16-;. The predicted molar refractivity (Wildman–Crippen MR) is 162 cm³/mol. The van der Waals surface area contributed by atoms with E-state index < -0.39 is 11.9 Å². The first kappa shape index (κ1) is 31.7. The minimum Gasteiger partial charge on any atom is -0.657 e. The fourth-order valence-electron chi connectivity index (χ4n) is 5.83. The van der Waals surface area contributed by atoms with Crippen LogP contribution in [0.2, 0.25) is 0 Å². The van der Waals surface area contributed by atoms with E-state index in [4.69, 9.17) is 19.9 Å². The number of carboxylic acids is 2. The summed E-state index contributed by atoms with van der Waals surface area (Å²) in [6, 6.07) is 0. The van der Waals surface area contributed by atoms with Crippen LogP contribution in [0.5, 0.6) is 0 Å². The molecule has 1 aliphatic heterocycles. The van der Waals surface area contributed by atoms with Crippen LogP contribution in [0.4, 0.5) is 0 Å².